The average Bonchev–Trinajstić information content (AvgIpc) is 4.28. The molecule has 0 unspecified atom stereocenters. The van der Waals surface area contributed by atoms with Gasteiger partial charge < -0.3 is 43.4 Å². The Morgan fingerprint density at radius 1 is 0.595 bits per heavy atom. The van der Waals surface area contributed by atoms with Gasteiger partial charge in [0.1, 0.15) is 11.0 Å². The number of hydrogen-bond donors (Lipinski definition) is 3. The van der Waals surface area contributed by atoms with Crippen LogP contribution in [0.1, 0.15) is 15.9 Å². The third-order valence-corrected chi connectivity index (χ3v) is 16.1. The lowest BCUT2D eigenvalue weighted by molar-refractivity contribution is 0.112. The van der Waals surface area contributed by atoms with Crippen molar-refractivity contribution in [3.8, 4) is 22.8 Å². The van der Waals surface area contributed by atoms with Crippen molar-refractivity contribution in [2.24, 2.45) is 0 Å². The minimum atomic E-state index is -0.692. The first-order chi connectivity index (χ1) is 35.9. The molecule has 0 spiro atoms. The Hall–Kier alpha value is -6.72. The van der Waals surface area contributed by atoms with Crippen LogP contribution in [0.25, 0.3) is 89.0 Å². The molecule has 0 radical (unpaired) electrons. The first-order valence-corrected chi connectivity index (χ1v) is 27.5. The summed E-state index contributed by atoms with van der Waals surface area (Å²) in [6, 6.07) is 20.1. The van der Waals surface area contributed by atoms with Crippen molar-refractivity contribution in [1.29, 1.82) is 0 Å². The molecule has 0 atom stereocenters. The molecule has 2 aromatic carbocycles. The van der Waals surface area contributed by atoms with Crippen molar-refractivity contribution in [1.82, 2.24) is 50.1 Å². The minimum absolute atomic E-state index is 0. The lowest BCUT2D eigenvalue weighted by Crippen LogP contribution is -2.37. The molecule has 74 heavy (non-hydrogen) atoms. The summed E-state index contributed by atoms with van der Waals surface area (Å²) in [6.07, 6.45) is 8.00. The number of benzene rings is 2. The zero-order chi connectivity index (χ0) is 49.3. The standard InChI is InChI=1S/C26H26N6O3S.C22H17N5O3.C4H9NOS.ClH/c33-36-12-8-31(9-13-36)16-17-14-20-22-23(35-26(20)28-15-17)25(32-6-10-34-11-7-32)30-24(29-22)19-2-1-3-21-18(19)4-5-27-21;28-12-13-10-16-18-19(30-22(16)24-11-13)21(27-6-8-29-9-7-27)26-20(25-18)15-2-1-3-17-14(15)4-5-23-17;6-7-3-1-5-2-4-7;/h1-5,14-15,27H,6-13,16H2;1-5,10-12,23H,6-9H2;5H,1-4H2;1H. The number of pyridine rings is 2. The molecule has 10 aromatic rings. The topological polar surface area (TPSA) is 227 Å². The molecular formula is C52H53ClN12O7S2. The Labute approximate surface area is 435 Å². The van der Waals surface area contributed by atoms with Crippen LogP contribution in [0.3, 0.4) is 0 Å². The van der Waals surface area contributed by atoms with Crippen LogP contribution in [0.15, 0.2) is 94.3 Å². The summed E-state index contributed by atoms with van der Waals surface area (Å²) in [5, 5.41) is 6.84. The van der Waals surface area contributed by atoms with Gasteiger partial charge in [-0.1, -0.05) is 24.3 Å². The van der Waals surface area contributed by atoms with Crippen molar-refractivity contribution in [3.05, 3.63) is 96.6 Å². The number of anilines is 2. The molecule has 14 rings (SSSR count). The number of carbonyl (C=O) groups excluding carboxylic acids is 1. The number of halogens is 1. The molecule has 4 fully saturated rings. The summed E-state index contributed by atoms with van der Waals surface area (Å²) in [6.45, 7) is 9.78. The number of hydrogen-bond acceptors (Lipinski definition) is 17. The summed E-state index contributed by atoms with van der Waals surface area (Å²) >= 11 is 0. The monoisotopic (exact) mass is 1060 g/mol. The predicted octanol–water partition coefficient (Wildman–Crippen LogP) is 6.65. The van der Waals surface area contributed by atoms with Gasteiger partial charge in [0.15, 0.2) is 40.7 Å². The number of nitrogens with one attached hydrogen (secondary N) is 3. The quantitative estimate of drug-likeness (QED) is 0.142. The van der Waals surface area contributed by atoms with Crippen LogP contribution in [0.4, 0.5) is 11.6 Å². The fourth-order valence-electron chi connectivity index (χ4n) is 9.71. The second kappa shape index (κ2) is 22.0. The third-order valence-electron chi connectivity index (χ3n) is 13.5. The zero-order valence-electron chi connectivity index (χ0n) is 40.3. The maximum Gasteiger partial charge on any atom is 0.229 e. The van der Waals surface area contributed by atoms with Gasteiger partial charge in [0.2, 0.25) is 11.4 Å². The second-order valence-electron chi connectivity index (χ2n) is 18.1. The maximum atomic E-state index is 11.8. The number of aromatic amines is 2. The predicted molar refractivity (Wildman–Crippen MR) is 291 cm³/mol. The summed E-state index contributed by atoms with van der Waals surface area (Å²) in [7, 11) is -1.19. The number of furan rings is 2. The van der Waals surface area contributed by atoms with Crippen LogP contribution in [-0.2, 0) is 37.6 Å². The van der Waals surface area contributed by atoms with Crippen molar-refractivity contribution < 1.29 is 31.5 Å². The SMILES string of the molecule is Cl.O=Cc1cnc2oc3c(N4CCOCC4)nc(-c4cccc5[nH]ccc45)nc3c2c1.O=S1CCN(Cc2cnc3oc4c(N5CCOCC5)nc(-c5cccc6[nH]ccc56)nc4c3c2)CC1.O=S1CCNCC1. The molecule has 22 heteroatoms. The number of carbonyl (C=O) groups is 1. The van der Waals surface area contributed by atoms with E-state index in [0.29, 0.717) is 90.2 Å². The minimum Gasteiger partial charge on any atom is -0.432 e. The van der Waals surface area contributed by atoms with E-state index < -0.39 is 21.6 Å². The van der Waals surface area contributed by atoms with E-state index >= 15 is 0 Å². The highest BCUT2D eigenvalue weighted by Crippen LogP contribution is 2.38. The Balaban J connectivity index is 0.000000140. The molecule has 0 bridgehead atoms. The van der Waals surface area contributed by atoms with Crippen LogP contribution < -0.4 is 15.1 Å². The molecule has 12 heterocycles. The van der Waals surface area contributed by atoms with Gasteiger partial charge in [-0.15, -0.1) is 12.4 Å². The largest absolute Gasteiger partial charge is 0.432 e. The van der Waals surface area contributed by atoms with Crippen LogP contribution in [0.5, 0.6) is 0 Å². The van der Waals surface area contributed by atoms with E-state index in [1.54, 1.807) is 6.07 Å². The van der Waals surface area contributed by atoms with Gasteiger partial charge in [-0.3, -0.25) is 18.1 Å². The van der Waals surface area contributed by atoms with E-state index in [-0.39, 0.29) is 12.4 Å². The molecule has 0 saturated carbocycles. The molecule has 4 aliphatic heterocycles. The Bertz CT molecular complexity index is 3680. The highest BCUT2D eigenvalue weighted by molar-refractivity contribution is 7.85. The highest BCUT2D eigenvalue weighted by Gasteiger charge is 2.26. The van der Waals surface area contributed by atoms with Crippen molar-refractivity contribution >= 4 is 118 Å². The van der Waals surface area contributed by atoms with Gasteiger partial charge in [0, 0.05) is 167 Å². The van der Waals surface area contributed by atoms with Gasteiger partial charge in [0.05, 0.1) is 37.2 Å². The van der Waals surface area contributed by atoms with E-state index in [1.807, 2.05) is 48.9 Å². The molecule has 0 aliphatic carbocycles. The summed E-state index contributed by atoms with van der Waals surface area (Å²) in [5.41, 5.74) is 9.22. The number of aldehydes is 1. The molecule has 382 valence electrons. The number of aromatic nitrogens is 8. The Morgan fingerprint density at radius 3 is 1.62 bits per heavy atom. The van der Waals surface area contributed by atoms with Crippen LogP contribution in [0, 0.1) is 0 Å². The molecule has 3 N–H and O–H groups in total. The number of nitrogens with zero attached hydrogens (tertiary/aromatic N) is 9. The normalized spacial score (nSPS) is 17.1. The van der Waals surface area contributed by atoms with E-state index in [0.717, 1.165) is 136 Å². The van der Waals surface area contributed by atoms with Gasteiger partial charge in [-0.25, -0.2) is 29.9 Å². The van der Waals surface area contributed by atoms with E-state index in [1.165, 1.54) is 6.20 Å². The van der Waals surface area contributed by atoms with Crippen LogP contribution in [0.2, 0.25) is 0 Å². The second-order valence-corrected chi connectivity index (χ2v) is 21.5. The van der Waals surface area contributed by atoms with E-state index in [4.69, 9.17) is 38.2 Å². The Morgan fingerprint density at radius 2 is 1.11 bits per heavy atom. The van der Waals surface area contributed by atoms with Crippen molar-refractivity contribution in [2.75, 3.05) is 112 Å². The molecule has 8 aromatic heterocycles. The van der Waals surface area contributed by atoms with Gasteiger partial charge in [-0.05, 0) is 42.0 Å². The number of morpholine rings is 2. The van der Waals surface area contributed by atoms with Crippen molar-refractivity contribution in [2.45, 2.75) is 6.54 Å². The fraction of sp³-hybridized carbons (Fsp3) is 0.327. The first kappa shape index (κ1) is 49.5. The van der Waals surface area contributed by atoms with Gasteiger partial charge >= 0.3 is 0 Å². The average molecular weight is 1060 g/mol. The molecule has 0 amide bonds. The summed E-state index contributed by atoms with van der Waals surface area (Å²) in [4.78, 5) is 53.3. The smallest absolute Gasteiger partial charge is 0.229 e. The number of H-pyrrole nitrogens is 2. The first-order valence-electron chi connectivity index (χ1n) is 24.5. The third kappa shape index (κ3) is 10.1. The number of fused-ring (bicyclic) bond motifs is 8. The highest BCUT2D eigenvalue weighted by atomic mass is 35.5. The number of rotatable bonds is 7. The van der Waals surface area contributed by atoms with E-state index in [9.17, 15) is 13.2 Å². The maximum absolute atomic E-state index is 11.8. The van der Waals surface area contributed by atoms with Crippen LogP contribution in [-0.4, -0.2) is 161 Å². The lowest BCUT2D eigenvalue weighted by Gasteiger charge is -2.27. The Kier molecular flexibility index (Phi) is 14.7. The zero-order valence-corrected chi connectivity index (χ0v) is 42.7. The van der Waals surface area contributed by atoms with Crippen molar-refractivity contribution in [3.63, 3.8) is 0 Å². The van der Waals surface area contributed by atoms with Gasteiger partial charge in [-0.2, -0.15) is 0 Å². The lowest BCUT2D eigenvalue weighted by atomic mass is 10.1. The van der Waals surface area contributed by atoms with Crippen LogP contribution >= 0.6 is 12.4 Å². The number of ether oxygens (including phenoxy) is 2. The molecule has 4 aliphatic rings. The summed E-state index contributed by atoms with van der Waals surface area (Å²) < 4.78 is 45.7. The van der Waals surface area contributed by atoms with Gasteiger partial charge in [0.25, 0.3) is 0 Å². The summed E-state index contributed by atoms with van der Waals surface area (Å²) in [5.74, 6) is 5.93. The molecular weight excluding hydrogens is 1000 g/mol. The molecule has 19 nitrogen and oxygen atoms in total. The fourth-order valence-corrected chi connectivity index (χ4v) is 11.8. The van der Waals surface area contributed by atoms with E-state index in [2.05, 4.69) is 64.2 Å². The molecule has 4 saturated heterocycles.